The number of amides is 1. The highest BCUT2D eigenvalue weighted by Gasteiger charge is 2.66. The van der Waals surface area contributed by atoms with Crippen LogP contribution in [0, 0.1) is 23.2 Å². The van der Waals surface area contributed by atoms with Crippen molar-refractivity contribution in [1.29, 1.82) is 0 Å². The maximum Gasteiger partial charge on any atom is 0.355 e. The van der Waals surface area contributed by atoms with E-state index in [4.69, 9.17) is 24.3 Å². The molecule has 7 N–H and O–H groups in total. The molecule has 4 aliphatic carbocycles. The number of aromatic nitrogens is 4. The number of aliphatic carboxylic acids is 1. The highest BCUT2D eigenvalue weighted by Crippen LogP contribution is 2.72. The van der Waals surface area contributed by atoms with Crippen LogP contribution in [0.1, 0.15) is 95.6 Å². The van der Waals surface area contributed by atoms with E-state index in [2.05, 4.69) is 34.1 Å². The average Bonchev–Trinajstić information content (AvgIpc) is 3.93. The molecule has 5 heterocycles. The van der Waals surface area contributed by atoms with Crippen molar-refractivity contribution in [3.63, 3.8) is 0 Å². The average molecular weight is 1030 g/mol. The fourth-order valence-electron chi connectivity index (χ4n) is 14.0. The lowest BCUT2D eigenvalue weighted by Gasteiger charge is -2.69. The minimum absolute atomic E-state index is 0.0499. The number of carboxylic acids is 2. The molecule has 1 saturated heterocycles. The second kappa shape index (κ2) is 19.1. The smallest absolute Gasteiger partial charge is 0.355 e. The summed E-state index contributed by atoms with van der Waals surface area (Å²) in [6, 6.07) is 24.2. The van der Waals surface area contributed by atoms with Crippen LogP contribution in [0.15, 0.2) is 85.1 Å². The van der Waals surface area contributed by atoms with Gasteiger partial charge in [-0.2, -0.15) is 5.10 Å². The van der Waals surface area contributed by atoms with Crippen LogP contribution in [0.4, 0.5) is 10.9 Å². The second-order valence-electron chi connectivity index (χ2n) is 22.1. The first kappa shape index (κ1) is 49.9. The summed E-state index contributed by atoms with van der Waals surface area (Å²) in [7, 11) is 0. The van der Waals surface area contributed by atoms with Gasteiger partial charge in [0.05, 0.1) is 28.6 Å². The third kappa shape index (κ3) is 9.54. The van der Waals surface area contributed by atoms with E-state index >= 15 is 0 Å². The molecular weight excluding hydrogens is 967 g/mol. The molecule has 0 radical (unpaired) electrons. The Balaban J connectivity index is 0.735. The number of ether oxygens (including phenoxy) is 3. The summed E-state index contributed by atoms with van der Waals surface area (Å²) in [5.41, 5.74) is 6.19. The summed E-state index contributed by atoms with van der Waals surface area (Å²) >= 11 is 1.43. The number of aliphatic hydroxyl groups excluding tert-OH is 3. The maximum absolute atomic E-state index is 13.7. The molecule has 12 rings (SSSR count). The van der Waals surface area contributed by atoms with E-state index < -0.39 is 42.6 Å². The van der Waals surface area contributed by atoms with Crippen molar-refractivity contribution in [2.45, 2.75) is 122 Å². The number of carbonyl (C=O) groups excluding carboxylic acids is 1. The van der Waals surface area contributed by atoms with Crippen molar-refractivity contribution in [1.82, 2.24) is 25.1 Å². The fourth-order valence-corrected chi connectivity index (χ4v) is 14.8. The van der Waals surface area contributed by atoms with Crippen LogP contribution < -0.4 is 20.3 Å². The lowest BCUT2D eigenvalue weighted by atomic mass is 9.39. The zero-order valence-electron chi connectivity index (χ0n) is 41.5. The number of nitrogens with zero attached hydrogens (tertiary/aromatic N) is 5. The van der Waals surface area contributed by atoms with Gasteiger partial charge in [0.25, 0.3) is 5.91 Å². The molecular formula is C55H61N7O11S. The molecule has 6 aliphatic rings. The molecule has 5 fully saturated rings. The van der Waals surface area contributed by atoms with E-state index in [-0.39, 0.29) is 33.4 Å². The number of aliphatic hydroxyl groups is 3. The normalized spacial score (nSPS) is 29.1. The summed E-state index contributed by atoms with van der Waals surface area (Å²) in [6.45, 7) is 10.2. The van der Waals surface area contributed by atoms with Crippen LogP contribution >= 0.6 is 11.3 Å². The molecule has 3 aromatic carbocycles. The number of fused-ring (bicyclic) bond motifs is 2. The predicted octanol–water partition coefficient (Wildman–Crippen LogP) is 6.57. The van der Waals surface area contributed by atoms with E-state index in [0.29, 0.717) is 73.6 Å². The number of nitrogens with one attached hydrogen (secondary N) is 2. The first-order chi connectivity index (χ1) is 35.4. The van der Waals surface area contributed by atoms with Gasteiger partial charge in [-0.05, 0) is 127 Å². The topological polar surface area (TPSA) is 251 Å². The van der Waals surface area contributed by atoms with Crippen molar-refractivity contribution in [2.75, 3.05) is 29.9 Å². The van der Waals surface area contributed by atoms with Gasteiger partial charge in [0.2, 0.25) is 6.29 Å². The van der Waals surface area contributed by atoms with Gasteiger partial charge < -0.3 is 50.0 Å². The lowest BCUT2D eigenvalue weighted by Crippen LogP contribution is -2.64. The summed E-state index contributed by atoms with van der Waals surface area (Å²) in [6.07, 6.45) is 0.160. The molecule has 7 atom stereocenters. The highest BCUT2D eigenvalue weighted by molar-refractivity contribution is 7.22. The van der Waals surface area contributed by atoms with E-state index in [9.17, 15) is 39.9 Å². The molecule has 4 bridgehead atoms. The van der Waals surface area contributed by atoms with Gasteiger partial charge >= 0.3 is 11.9 Å². The van der Waals surface area contributed by atoms with Crippen molar-refractivity contribution in [2.24, 2.45) is 16.2 Å². The van der Waals surface area contributed by atoms with Gasteiger partial charge in [-0.1, -0.05) is 61.6 Å². The van der Waals surface area contributed by atoms with E-state index in [0.717, 1.165) is 76.7 Å². The number of pyridine rings is 1. The molecule has 18 nitrogen and oxygen atoms in total. The lowest BCUT2D eigenvalue weighted by molar-refractivity contribution is -0.271. The molecule has 7 unspecified atom stereocenters. The van der Waals surface area contributed by atoms with Crippen LogP contribution in [0.25, 0.3) is 21.3 Å². The van der Waals surface area contributed by atoms with Crippen molar-refractivity contribution >= 4 is 50.3 Å². The third-order valence-corrected chi connectivity index (χ3v) is 16.9. The number of rotatable bonds is 16. The van der Waals surface area contributed by atoms with Crippen LogP contribution in [-0.2, 0) is 40.3 Å². The molecule has 3 aromatic heterocycles. The zero-order chi connectivity index (χ0) is 51.7. The van der Waals surface area contributed by atoms with E-state index in [1.54, 1.807) is 18.3 Å². The van der Waals surface area contributed by atoms with Crippen LogP contribution in [0.3, 0.4) is 0 Å². The Morgan fingerprint density at radius 3 is 2.36 bits per heavy atom. The second-order valence-corrected chi connectivity index (χ2v) is 23.1. The minimum Gasteiger partial charge on any atom is -0.479 e. The molecule has 2 aliphatic heterocycles. The van der Waals surface area contributed by atoms with E-state index in [1.165, 1.54) is 11.3 Å². The Labute approximate surface area is 431 Å². The summed E-state index contributed by atoms with van der Waals surface area (Å²) in [5.74, 6) is -2.03. The first-order valence-electron chi connectivity index (χ1n) is 25.2. The number of thiazole rings is 1. The highest BCUT2D eigenvalue weighted by atomic mass is 32.1. The van der Waals surface area contributed by atoms with Crippen LogP contribution in [0.5, 0.6) is 5.75 Å². The van der Waals surface area contributed by atoms with Crippen molar-refractivity contribution in [3.05, 3.63) is 119 Å². The number of carbonyl (C=O) groups is 3. The number of hydrogen-bond donors (Lipinski definition) is 7. The Morgan fingerprint density at radius 1 is 0.851 bits per heavy atom. The molecule has 4 saturated carbocycles. The minimum atomic E-state index is -1.80. The number of hydrogen-bond acceptors (Lipinski definition) is 15. The molecule has 0 spiro atoms. The number of benzene rings is 3. The van der Waals surface area contributed by atoms with Crippen LogP contribution in [-0.4, -0.2) is 119 Å². The Hall–Kier alpha value is -6.32. The molecule has 388 valence electrons. The monoisotopic (exact) mass is 1030 g/mol. The number of aromatic carboxylic acids is 1. The summed E-state index contributed by atoms with van der Waals surface area (Å²) in [4.78, 5) is 49.6. The molecule has 1 amide bonds. The largest absolute Gasteiger partial charge is 0.479 e. The molecule has 74 heavy (non-hydrogen) atoms. The van der Waals surface area contributed by atoms with E-state index in [1.807, 2.05) is 78.6 Å². The van der Waals surface area contributed by atoms with Gasteiger partial charge in [-0.15, -0.1) is 0 Å². The zero-order valence-corrected chi connectivity index (χ0v) is 42.3. The summed E-state index contributed by atoms with van der Waals surface area (Å²) in [5, 5.41) is 62.4. The molecule has 19 heteroatoms. The van der Waals surface area contributed by atoms with Gasteiger partial charge in [0.15, 0.2) is 16.9 Å². The maximum atomic E-state index is 13.7. The molecule has 6 aromatic rings. The fraction of sp³-hybridized carbons (Fsp3) is 0.455. The standard InChI is InChI=1S/C55H61N7O11S/c1-31-37(35-15-16-41(59-42(35)48(67)68)61-19-17-33-7-6-8-36(38(33)23-61)47(66)60-51-58-39-9-4-5-10-40(39)74-51)22-57-62(31)30-54-25-52(2)24-53(3,26-54)28-55(27-52,29-54)71-20-18-56-21-32-11-13-34(14-12-32)72-50-45(65)43(63)44(64)46(73-50)49(69)70/h4-16,22,43-46,50,56,63-65H,17-21,23-30H2,1-3H3,(H,67,68)(H,69,70)(H,58,60,66). The van der Waals surface area contributed by atoms with Gasteiger partial charge in [0, 0.05) is 55.1 Å². The quantitative estimate of drug-likeness (QED) is 0.0506. The number of anilines is 2. The van der Waals surface area contributed by atoms with Gasteiger partial charge in [-0.25, -0.2) is 19.6 Å². The Morgan fingerprint density at radius 2 is 1.62 bits per heavy atom. The SMILES string of the molecule is Cc1c(-c2ccc(N3CCc4cccc(C(=O)Nc5nc6ccccc6s5)c4C3)nc2C(=O)O)cnn1CC12CC3(C)CC(C)(C1)CC(OCCNCc1ccc(OC4OC(C(=O)O)C(O)C(O)C4O)cc1)(C3)C2. The Bertz CT molecular complexity index is 3090. The third-order valence-electron chi connectivity index (χ3n) is 16.0. The number of carboxylic acid groups (broad SMARTS) is 2. The Kier molecular flexibility index (Phi) is 12.9. The number of para-hydroxylation sites is 1. The van der Waals surface area contributed by atoms with Crippen molar-refractivity contribution in [3.8, 4) is 16.9 Å². The van der Waals surface area contributed by atoms with Gasteiger partial charge in [0.1, 0.15) is 29.9 Å². The van der Waals surface area contributed by atoms with Crippen LogP contribution in [0.2, 0.25) is 0 Å². The summed E-state index contributed by atoms with van der Waals surface area (Å²) < 4.78 is 20.9. The van der Waals surface area contributed by atoms with Gasteiger partial charge in [-0.3, -0.25) is 14.8 Å². The predicted molar refractivity (Wildman–Crippen MR) is 274 cm³/mol. The van der Waals surface area contributed by atoms with Crippen molar-refractivity contribution < 1.29 is 54.1 Å². The first-order valence-corrected chi connectivity index (χ1v) is 26.0.